The van der Waals surface area contributed by atoms with Gasteiger partial charge >= 0.3 is 0 Å². The molecule has 1 heterocycles. The zero-order valence-electron chi connectivity index (χ0n) is 15.3. The summed E-state index contributed by atoms with van der Waals surface area (Å²) in [6.07, 6.45) is 5.92. The minimum atomic E-state index is 0. The molecule has 142 valence electrons. The molecule has 25 heavy (non-hydrogen) atoms. The Balaban J connectivity index is 0.00000312. The van der Waals surface area contributed by atoms with E-state index < -0.39 is 0 Å². The van der Waals surface area contributed by atoms with Gasteiger partial charge in [0.15, 0.2) is 5.96 Å². The van der Waals surface area contributed by atoms with E-state index in [2.05, 4.69) is 45.2 Å². The minimum absolute atomic E-state index is 0. The van der Waals surface area contributed by atoms with Crippen LogP contribution in [0.3, 0.4) is 0 Å². The molecule has 6 nitrogen and oxygen atoms in total. The summed E-state index contributed by atoms with van der Waals surface area (Å²) in [5, 5.41) is 12.5. The highest BCUT2D eigenvalue weighted by molar-refractivity contribution is 14.0. The predicted octanol–water partition coefficient (Wildman–Crippen LogP) is 3.00. The maximum absolute atomic E-state index is 12.0. The molecule has 0 spiro atoms. The SMILES string of the molecule is CN=C(NCC(=O)NC1CCCCC1)NCc1nc(C(C)C)cs1.I. The number of nitrogens with one attached hydrogen (secondary N) is 3. The summed E-state index contributed by atoms with van der Waals surface area (Å²) in [4.78, 5) is 20.8. The standard InChI is InChI=1S/C17H29N5OS.HI/c1-12(2)14-11-24-16(22-14)10-20-17(18-3)19-9-15(23)21-13-7-5-4-6-8-13;/h11-13H,4-10H2,1-3H3,(H,21,23)(H2,18,19,20);1H. The van der Waals surface area contributed by atoms with Crippen molar-refractivity contribution >= 4 is 47.2 Å². The summed E-state index contributed by atoms with van der Waals surface area (Å²) in [5.41, 5.74) is 1.12. The molecule has 0 unspecified atom stereocenters. The molecule has 1 amide bonds. The summed E-state index contributed by atoms with van der Waals surface area (Å²) < 4.78 is 0. The van der Waals surface area contributed by atoms with E-state index >= 15 is 0 Å². The fraction of sp³-hybridized carbons (Fsp3) is 0.706. The van der Waals surface area contributed by atoms with Crippen LogP contribution in [0.25, 0.3) is 0 Å². The quantitative estimate of drug-likeness (QED) is 0.333. The third kappa shape index (κ3) is 7.89. The van der Waals surface area contributed by atoms with E-state index in [-0.39, 0.29) is 36.4 Å². The highest BCUT2D eigenvalue weighted by Crippen LogP contribution is 2.18. The molecule has 3 N–H and O–H groups in total. The van der Waals surface area contributed by atoms with Crippen molar-refractivity contribution in [2.24, 2.45) is 4.99 Å². The second-order valence-corrected chi connectivity index (χ2v) is 7.45. The van der Waals surface area contributed by atoms with Crippen molar-refractivity contribution in [2.45, 2.75) is 64.5 Å². The maximum atomic E-state index is 12.0. The lowest BCUT2D eigenvalue weighted by molar-refractivity contribution is -0.120. The number of halogens is 1. The topological polar surface area (TPSA) is 78.4 Å². The van der Waals surface area contributed by atoms with Crippen LogP contribution in [0.5, 0.6) is 0 Å². The number of hydrogen-bond donors (Lipinski definition) is 3. The first-order valence-corrected chi connectivity index (χ1v) is 9.64. The Bertz CT molecular complexity index is 555. The molecular formula is C17H30IN5OS. The summed E-state index contributed by atoms with van der Waals surface area (Å²) >= 11 is 1.64. The van der Waals surface area contributed by atoms with E-state index in [4.69, 9.17) is 0 Å². The molecule has 0 radical (unpaired) electrons. The van der Waals surface area contributed by atoms with E-state index in [1.807, 2.05) is 0 Å². The third-order valence-electron chi connectivity index (χ3n) is 4.18. The first kappa shape index (κ1) is 22.1. The summed E-state index contributed by atoms with van der Waals surface area (Å²) in [7, 11) is 1.70. The Morgan fingerprint density at radius 3 is 2.64 bits per heavy atom. The zero-order valence-corrected chi connectivity index (χ0v) is 18.4. The summed E-state index contributed by atoms with van der Waals surface area (Å²) in [5.74, 6) is 1.09. The zero-order chi connectivity index (χ0) is 17.4. The van der Waals surface area contributed by atoms with E-state index in [0.29, 0.717) is 24.5 Å². The molecule has 0 aliphatic heterocycles. The lowest BCUT2D eigenvalue weighted by atomic mass is 9.95. The van der Waals surface area contributed by atoms with Gasteiger partial charge in [-0.3, -0.25) is 9.79 Å². The van der Waals surface area contributed by atoms with Gasteiger partial charge in [0.2, 0.25) is 5.91 Å². The van der Waals surface area contributed by atoms with Crippen LogP contribution >= 0.6 is 35.3 Å². The van der Waals surface area contributed by atoms with Gasteiger partial charge in [0.25, 0.3) is 0 Å². The van der Waals surface area contributed by atoms with Crippen molar-refractivity contribution in [2.75, 3.05) is 13.6 Å². The summed E-state index contributed by atoms with van der Waals surface area (Å²) in [6, 6.07) is 0.341. The first-order valence-electron chi connectivity index (χ1n) is 8.76. The van der Waals surface area contributed by atoms with Crippen LogP contribution in [0.4, 0.5) is 0 Å². The van der Waals surface area contributed by atoms with Crippen LogP contribution in [0, 0.1) is 0 Å². The lowest BCUT2D eigenvalue weighted by Crippen LogP contribution is -2.45. The number of carbonyl (C=O) groups excluding carboxylic acids is 1. The number of aromatic nitrogens is 1. The van der Waals surface area contributed by atoms with Crippen LogP contribution < -0.4 is 16.0 Å². The molecule has 2 rings (SSSR count). The molecular weight excluding hydrogens is 449 g/mol. The van der Waals surface area contributed by atoms with Gasteiger partial charge in [0.05, 0.1) is 18.8 Å². The molecule has 0 aromatic carbocycles. The second-order valence-electron chi connectivity index (χ2n) is 6.50. The highest BCUT2D eigenvalue weighted by atomic mass is 127. The number of hydrogen-bond acceptors (Lipinski definition) is 4. The minimum Gasteiger partial charge on any atom is -0.352 e. The van der Waals surface area contributed by atoms with Crippen molar-refractivity contribution in [1.29, 1.82) is 0 Å². The Labute approximate surface area is 171 Å². The average Bonchev–Trinajstić information content (AvgIpc) is 3.05. The second kappa shape index (κ2) is 11.7. The monoisotopic (exact) mass is 479 g/mol. The molecule has 0 atom stereocenters. The number of guanidine groups is 1. The molecule has 1 saturated carbocycles. The molecule has 1 aromatic rings. The van der Waals surface area contributed by atoms with Crippen LogP contribution in [0.1, 0.15) is 62.6 Å². The summed E-state index contributed by atoms with van der Waals surface area (Å²) in [6.45, 7) is 5.13. The highest BCUT2D eigenvalue weighted by Gasteiger charge is 2.15. The van der Waals surface area contributed by atoms with Crippen molar-refractivity contribution in [3.8, 4) is 0 Å². The van der Waals surface area contributed by atoms with Crippen LogP contribution in [-0.4, -0.2) is 36.5 Å². The predicted molar refractivity (Wildman–Crippen MR) is 115 cm³/mol. The molecule has 1 fully saturated rings. The van der Waals surface area contributed by atoms with Crippen molar-refractivity contribution < 1.29 is 4.79 Å². The average molecular weight is 479 g/mol. The van der Waals surface area contributed by atoms with E-state index in [1.54, 1.807) is 18.4 Å². The van der Waals surface area contributed by atoms with Gasteiger partial charge < -0.3 is 16.0 Å². The van der Waals surface area contributed by atoms with Crippen molar-refractivity contribution in [3.63, 3.8) is 0 Å². The van der Waals surface area contributed by atoms with Crippen LogP contribution in [0.2, 0.25) is 0 Å². The number of amides is 1. The van der Waals surface area contributed by atoms with Gasteiger partial charge in [-0.1, -0.05) is 33.1 Å². The molecule has 1 aliphatic rings. The van der Waals surface area contributed by atoms with Crippen LogP contribution in [0.15, 0.2) is 10.4 Å². The van der Waals surface area contributed by atoms with Gasteiger partial charge in [-0.2, -0.15) is 0 Å². The smallest absolute Gasteiger partial charge is 0.239 e. The molecule has 1 aromatic heterocycles. The number of rotatable bonds is 6. The number of carbonyl (C=O) groups is 1. The lowest BCUT2D eigenvalue weighted by Gasteiger charge is -2.23. The molecule has 0 saturated heterocycles. The molecule has 1 aliphatic carbocycles. The molecule has 0 bridgehead atoms. The first-order chi connectivity index (χ1) is 11.6. The maximum Gasteiger partial charge on any atom is 0.239 e. The van der Waals surface area contributed by atoms with Gasteiger partial charge in [0, 0.05) is 18.5 Å². The number of thiazole rings is 1. The molecule has 8 heteroatoms. The largest absolute Gasteiger partial charge is 0.352 e. The fourth-order valence-corrected chi connectivity index (χ4v) is 3.64. The number of aliphatic imine (C=N–C) groups is 1. The van der Waals surface area contributed by atoms with Gasteiger partial charge in [-0.15, -0.1) is 35.3 Å². The van der Waals surface area contributed by atoms with Crippen molar-refractivity contribution in [1.82, 2.24) is 20.9 Å². The fourth-order valence-electron chi connectivity index (χ4n) is 2.74. The van der Waals surface area contributed by atoms with E-state index in [1.165, 1.54) is 19.3 Å². The van der Waals surface area contributed by atoms with Gasteiger partial charge in [-0.05, 0) is 18.8 Å². The third-order valence-corrected chi connectivity index (χ3v) is 5.05. The van der Waals surface area contributed by atoms with E-state index in [9.17, 15) is 4.79 Å². The Morgan fingerprint density at radius 2 is 2.04 bits per heavy atom. The Kier molecular flexibility index (Phi) is 10.3. The van der Waals surface area contributed by atoms with Gasteiger partial charge in [-0.25, -0.2) is 4.98 Å². The van der Waals surface area contributed by atoms with Gasteiger partial charge in [0.1, 0.15) is 5.01 Å². The Morgan fingerprint density at radius 1 is 1.32 bits per heavy atom. The van der Waals surface area contributed by atoms with Crippen LogP contribution in [-0.2, 0) is 11.3 Å². The number of nitrogens with zero attached hydrogens (tertiary/aromatic N) is 2. The normalized spacial score (nSPS) is 15.6. The van der Waals surface area contributed by atoms with Crippen molar-refractivity contribution in [3.05, 3.63) is 16.1 Å². The Hall–Kier alpha value is -0.900. The van der Waals surface area contributed by atoms with E-state index in [0.717, 1.165) is 23.5 Å².